The molecule has 1 aliphatic rings. The smallest absolute Gasteiger partial charge is 0.320 e. The maximum Gasteiger partial charge on any atom is 0.320 e. The van der Waals surface area contributed by atoms with Gasteiger partial charge in [0, 0.05) is 26.1 Å². The van der Waals surface area contributed by atoms with Crippen molar-refractivity contribution in [2.75, 3.05) is 13.1 Å². The quantitative estimate of drug-likeness (QED) is 0.804. The molecule has 1 aromatic carbocycles. The molecular weight excluding hydrogens is 304 g/mol. The Hall–Kier alpha value is -1.88. The summed E-state index contributed by atoms with van der Waals surface area (Å²) >= 11 is 0. The normalized spacial score (nSPS) is 24.8. The summed E-state index contributed by atoms with van der Waals surface area (Å²) in [7, 11) is 0. The van der Waals surface area contributed by atoms with Crippen LogP contribution >= 0.6 is 0 Å². The van der Waals surface area contributed by atoms with Crippen LogP contribution in [0.4, 0.5) is 0 Å². The SMILES string of the molecule is CC(=O)NCCN(C1CCC(C)(c2ccccc2)C1)C(C)C(=O)O. The molecule has 5 heteroatoms. The number of nitrogens with zero attached hydrogens (tertiary/aromatic N) is 1. The monoisotopic (exact) mass is 332 g/mol. The molecule has 2 N–H and O–H groups in total. The maximum atomic E-state index is 11.5. The summed E-state index contributed by atoms with van der Waals surface area (Å²) in [5.41, 5.74) is 1.40. The number of carboxylic acids is 1. The second kappa shape index (κ2) is 7.79. The van der Waals surface area contributed by atoms with Crippen LogP contribution in [0.15, 0.2) is 30.3 Å². The zero-order valence-corrected chi connectivity index (χ0v) is 14.8. The first kappa shape index (κ1) is 18.5. The van der Waals surface area contributed by atoms with Crippen LogP contribution in [0, 0.1) is 0 Å². The standard InChI is InChI=1S/C19H28N2O3/c1-14(18(23)24)21(12-11-20-15(2)22)17-9-10-19(3,13-17)16-7-5-4-6-8-16/h4-8,14,17H,9-13H2,1-3H3,(H,20,22)(H,23,24). The summed E-state index contributed by atoms with van der Waals surface area (Å²) in [6.07, 6.45) is 2.96. The van der Waals surface area contributed by atoms with Crippen molar-refractivity contribution >= 4 is 11.9 Å². The minimum absolute atomic E-state index is 0.0798. The summed E-state index contributed by atoms with van der Waals surface area (Å²) in [5, 5.41) is 12.2. The number of hydrogen-bond acceptors (Lipinski definition) is 3. The van der Waals surface area contributed by atoms with Crippen molar-refractivity contribution in [3.05, 3.63) is 35.9 Å². The van der Waals surface area contributed by atoms with Crippen LogP contribution < -0.4 is 5.32 Å². The zero-order chi connectivity index (χ0) is 17.7. The first-order chi connectivity index (χ1) is 11.3. The van der Waals surface area contributed by atoms with Crippen LogP contribution in [0.1, 0.15) is 45.6 Å². The Labute approximate surface area is 144 Å². The Bertz CT molecular complexity index is 575. The third-order valence-electron chi connectivity index (χ3n) is 5.25. The van der Waals surface area contributed by atoms with Crippen molar-refractivity contribution in [1.82, 2.24) is 10.2 Å². The fraction of sp³-hybridized carbons (Fsp3) is 0.579. The lowest BCUT2D eigenvalue weighted by Crippen LogP contribution is -2.48. The molecule has 1 saturated carbocycles. The molecule has 1 aromatic rings. The van der Waals surface area contributed by atoms with E-state index in [-0.39, 0.29) is 17.4 Å². The van der Waals surface area contributed by atoms with Crippen LogP contribution in [-0.2, 0) is 15.0 Å². The average Bonchev–Trinajstić information content (AvgIpc) is 2.95. The molecule has 132 valence electrons. The second-order valence-corrected chi connectivity index (χ2v) is 7.06. The third-order valence-corrected chi connectivity index (χ3v) is 5.25. The van der Waals surface area contributed by atoms with E-state index in [9.17, 15) is 14.7 Å². The number of amides is 1. The molecule has 1 fully saturated rings. The molecule has 1 amide bonds. The summed E-state index contributed by atoms with van der Waals surface area (Å²) < 4.78 is 0. The Morgan fingerprint density at radius 1 is 1.38 bits per heavy atom. The van der Waals surface area contributed by atoms with Gasteiger partial charge in [0.1, 0.15) is 6.04 Å². The lowest BCUT2D eigenvalue weighted by atomic mass is 9.81. The van der Waals surface area contributed by atoms with Gasteiger partial charge in [-0.05, 0) is 37.2 Å². The van der Waals surface area contributed by atoms with Crippen molar-refractivity contribution < 1.29 is 14.7 Å². The van der Waals surface area contributed by atoms with E-state index in [0.717, 1.165) is 19.3 Å². The minimum Gasteiger partial charge on any atom is -0.480 e. The molecule has 0 saturated heterocycles. The molecule has 3 atom stereocenters. The van der Waals surface area contributed by atoms with Gasteiger partial charge in [-0.1, -0.05) is 37.3 Å². The fourth-order valence-corrected chi connectivity index (χ4v) is 3.79. The van der Waals surface area contributed by atoms with Crippen LogP contribution in [0.3, 0.4) is 0 Å². The molecule has 0 radical (unpaired) electrons. The third kappa shape index (κ3) is 4.35. The van der Waals surface area contributed by atoms with E-state index in [1.165, 1.54) is 12.5 Å². The van der Waals surface area contributed by atoms with Crippen molar-refractivity contribution in [3.63, 3.8) is 0 Å². The number of rotatable bonds is 7. The molecule has 0 spiro atoms. The predicted molar refractivity (Wildman–Crippen MR) is 93.9 cm³/mol. The van der Waals surface area contributed by atoms with Gasteiger partial charge in [0.2, 0.25) is 5.91 Å². The number of benzene rings is 1. The lowest BCUT2D eigenvalue weighted by molar-refractivity contribution is -0.143. The van der Waals surface area contributed by atoms with E-state index in [2.05, 4.69) is 36.5 Å². The first-order valence-corrected chi connectivity index (χ1v) is 8.62. The van der Waals surface area contributed by atoms with Crippen LogP contribution in [0.2, 0.25) is 0 Å². The zero-order valence-electron chi connectivity index (χ0n) is 14.8. The average molecular weight is 332 g/mol. The number of aliphatic carboxylic acids is 1. The topological polar surface area (TPSA) is 69.6 Å². The van der Waals surface area contributed by atoms with Gasteiger partial charge in [-0.25, -0.2) is 0 Å². The van der Waals surface area contributed by atoms with Gasteiger partial charge in [0.25, 0.3) is 0 Å². The number of carboxylic acid groups (broad SMARTS) is 1. The molecule has 24 heavy (non-hydrogen) atoms. The number of nitrogens with one attached hydrogen (secondary N) is 1. The fourth-order valence-electron chi connectivity index (χ4n) is 3.79. The number of carbonyl (C=O) groups excluding carboxylic acids is 1. The molecule has 0 heterocycles. The van der Waals surface area contributed by atoms with Crippen LogP contribution in [-0.4, -0.2) is 47.1 Å². The van der Waals surface area contributed by atoms with E-state index in [1.807, 2.05) is 11.0 Å². The molecule has 0 bridgehead atoms. The highest BCUT2D eigenvalue weighted by Crippen LogP contribution is 2.42. The molecule has 0 aromatic heterocycles. The molecular formula is C19H28N2O3. The van der Waals surface area contributed by atoms with Gasteiger partial charge in [-0.2, -0.15) is 0 Å². The van der Waals surface area contributed by atoms with E-state index < -0.39 is 12.0 Å². The van der Waals surface area contributed by atoms with Gasteiger partial charge in [0.15, 0.2) is 0 Å². The number of carbonyl (C=O) groups is 2. The highest BCUT2D eigenvalue weighted by Gasteiger charge is 2.40. The Balaban J connectivity index is 2.10. The van der Waals surface area contributed by atoms with Crippen molar-refractivity contribution in [2.24, 2.45) is 0 Å². The maximum absolute atomic E-state index is 11.5. The van der Waals surface area contributed by atoms with E-state index in [4.69, 9.17) is 0 Å². The van der Waals surface area contributed by atoms with Gasteiger partial charge in [0.05, 0.1) is 0 Å². The Morgan fingerprint density at radius 2 is 2.04 bits per heavy atom. The number of hydrogen-bond donors (Lipinski definition) is 2. The molecule has 3 unspecified atom stereocenters. The van der Waals surface area contributed by atoms with Gasteiger partial charge >= 0.3 is 5.97 Å². The summed E-state index contributed by atoms with van der Waals surface area (Å²) in [6, 6.07) is 10.1. The summed E-state index contributed by atoms with van der Waals surface area (Å²) in [6.45, 7) is 6.51. The minimum atomic E-state index is -0.814. The van der Waals surface area contributed by atoms with Crippen molar-refractivity contribution in [1.29, 1.82) is 0 Å². The molecule has 1 aliphatic carbocycles. The second-order valence-electron chi connectivity index (χ2n) is 7.06. The molecule has 5 nitrogen and oxygen atoms in total. The Kier molecular flexibility index (Phi) is 5.99. The van der Waals surface area contributed by atoms with Crippen molar-refractivity contribution in [2.45, 2.75) is 57.5 Å². The highest BCUT2D eigenvalue weighted by atomic mass is 16.4. The van der Waals surface area contributed by atoms with E-state index in [1.54, 1.807) is 6.92 Å². The summed E-state index contributed by atoms with van der Waals surface area (Å²) in [4.78, 5) is 24.6. The van der Waals surface area contributed by atoms with E-state index >= 15 is 0 Å². The summed E-state index contributed by atoms with van der Waals surface area (Å²) in [5.74, 6) is -0.899. The lowest BCUT2D eigenvalue weighted by Gasteiger charge is -2.34. The van der Waals surface area contributed by atoms with Gasteiger partial charge in [-0.3, -0.25) is 14.5 Å². The predicted octanol–water partition coefficient (Wildman–Crippen LogP) is 2.41. The van der Waals surface area contributed by atoms with Gasteiger partial charge in [-0.15, -0.1) is 0 Å². The highest BCUT2D eigenvalue weighted by molar-refractivity contribution is 5.73. The van der Waals surface area contributed by atoms with E-state index in [0.29, 0.717) is 13.1 Å². The van der Waals surface area contributed by atoms with Crippen LogP contribution in [0.25, 0.3) is 0 Å². The molecule has 0 aliphatic heterocycles. The Morgan fingerprint density at radius 3 is 2.62 bits per heavy atom. The first-order valence-electron chi connectivity index (χ1n) is 8.62. The van der Waals surface area contributed by atoms with Gasteiger partial charge < -0.3 is 10.4 Å². The molecule has 2 rings (SSSR count). The van der Waals surface area contributed by atoms with Crippen LogP contribution in [0.5, 0.6) is 0 Å². The largest absolute Gasteiger partial charge is 0.480 e. The van der Waals surface area contributed by atoms with Crippen molar-refractivity contribution in [3.8, 4) is 0 Å².